The van der Waals surface area contributed by atoms with Gasteiger partial charge < -0.3 is 5.32 Å². The Balaban J connectivity index is 2.35. The normalized spacial score (nSPS) is 16.8. The summed E-state index contributed by atoms with van der Waals surface area (Å²) in [5, 5.41) is 2.87. The first-order chi connectivity index (χ1) is 6.77. The van der Waals surface area contributed by atoms with E-state index in [1.165, 1.54) is 11.1 Å². The van der Waals surface area contributed by atoms with Gasteiger partial charge in [-0.2, -0.15) is 0 Å². The van der Waals surface area contributed by atoms with Crippen LogP contribution in [0.15, 0.2) is 36.0 Å². The molecule has 1 aromatic carbocycles. The van der Waals surface area contributed by atoms with Crippen LogP contribution in [0.2, 0.25) is 0 Å². The van der Waals surface area contributed by atoms with Crippen LogP contribution in [-0.2, 0) is 4.79 Å². The second-order valence-corrected chi connectivity index (χ2v) is 3.52. The minimum atomic E-state index is 0.127. The van der Waals surface area contributed by atoms with E-state index in [2.05, 4.69) is 17.4 Å². The zero-order valence-corrected chi connectivity index (χ0v) is 8.21. The number of allylic oxidation sites excluding steroid dienone is 2. The fourth-order valence-corrected chi connectivity index (χ4v) is 1.77. The average molecular weight is 187 g/mol. The lowest BCUT2D eigenvalue weighted by Gasteiger charge is -2.18. The molecule has 0 atom stereocenters. The summed E-state index contributed by atoms with van der Waals surface area (Å²) >= 11 is 0. The monoisotopic (exact) mass is 187 g/mol. The van der Waals surface area contributed by atoms with Crippen LogP contribution < -0.4 is 5.32 Å². The first-order valence-corrected chi connectivity index (χ1v) is 4.82. The third-order valence-corrected chi connectivity index (χ3v) is 2.50. The summed E-state index contributed by atoms with van der Waals surface area (Å²) in [5.74, 6) is 0.127. The second-order valence-electron chi connectivity index (χ2n) is 3.52. The molecule has 1 aromatic rings. The van der Waals surface area contributed by atoms with Gasteiger partial charge in [-0.25, -0.2) is 0 Å². The number of rotatable bonds is 1. The Morgan fingerprint density at radius 3 is 2.50 bits per heavy atom. The lowest BCUT2D eigenvalue weighted by atomic mass is 9.96. The molecule has 1 heterocycles. The maximum absolute atomic E-state index is 11.1. The molecule has 0 saturated heterocycles. The lowest BCUT2D eigenvalue weighted by molar-refractivity contribution is -0.120. The summed E-state index contributed by atoms with van der Waals surface area (Å²) in [6.07, 6.45) is 1.45. The maximum Gasteiger partial charge on any atom is 0.224 e. The molecule has 2 heteroatoms. The van der Waals surface area contributed by atoms with E-state index in [-0.39, 0.29) is 5.91 Å². The van der Waals surface area contributed by atoms with E-state index in [1.807, 2.05) is 25.1 Å². The summed E-state index contributed by atoms with van der Waals surface area (Å²) in [6.45, 7) is 1.96. The van der Waals surface area contributed by atoms with Crippen molar-refractivity contribution in [1.29, 1.82) is 0 Å². The van der Waals surface area contributed by atoms with Crippen LogP contribution in [0.5, 0.6) is 0 Å². The van der Waals surface area contributed by atoms with E-state index in [4.69, 9.17) is 0 Å². The van der Waals surface area contributed by atoms with Gasteiger partial charge in [0.2, 0.25) is 5.91 Å². The van der Waals surface area contributed by atoms with Crippen molar-refractivity contribution in [3.63, 3.8) is 0 Å². The smallest absolute Gasteiger partial charge is 0.224 e. The zero-order chi connectivity index (χ0) is 9.97. The number of hydrogen-bond donors (Lipinski definition) is 1. The number of amides is 1. The van der Waals surface area contributed by atoms with Gasteiger partial charge in [0.25, 0.3) is 0 Å². The van der Waals surface area contributed by atoms with Crippen molar-refractivity contribution in [2.45, 2.75) is 19.8 Å². The first kappa shape index (κ1) is 9.00. The van der Waals surface area contributed by atoms with Crippen molar-refractivity contribution < 1.29 is 4.79 Å². The fraction of sp³-hybridized carbons (Fsp3) is 0.250. The minimum Gasteiger partial charge on any atom is -0.330 e. The minimum absolute atomic E-state index is 0.127. The predicted octanol–water partition coefficient (Wildman–Crippen LogP) is 2.33. The van der Waals surface area contributed by atoms with Crippen LogP contribution in [0.3, 0.4) is 0 Å². The van der Waals surface area contributed by atoms with E-state index in [9.17, 15) is 4.79 Å². The molecule has 1 amide bonds. The van der Waals surface area contributed by atoms with E-state index < -0.39 is 0 Å². The van der Waals surface area contributed by atoms with E-state index in [0.29, 0.717) is 6.42 Å². The fourth-order valence-electron chi connectivity index (χ4n) is 1.77. The predicted molar refractivity (Wildman–Crippen MR) is 56.4 cm³/mol. The standard InChI is InChI=1S/C12H13NO/c1-9-11(7-8-12(14)13-9)10-5-3-2-4-6-10/h2-6H,7-8H2,1H3,(H,13,14). The molecule has 0 radical (unpaired) electrons. The van der Waals surface area contributed by atoms with Crippen LogP contribution in [0.1, 0.15) is 25.3 Å². The lowest BCUT2D eigenvalue weighted by Crippen LogP contribution is -2.26. The van der Waals surface area contributed by atoms with Gasteiger partial charge in [0, 0.05) is 12.1 Å². The van der Waals surface area contributed by atoms with Crippen LogP contribution in [-0.4, -0.2) is 5.91 Å². The Kier molecular flexibility index (Phi) is 2.35. The third kappa shape index (κ3) is 1.69. The zero-order valence-electron chi connectivity index (χ0n) is 8.21. The molecule has 0 saturated carbocycles. The third-order valence-electron chi connectivity index (χ3n) is 2.50. The Hall–Kier alpha value is -1.57. The molecule has 0 spiro atoms. The highest BCUT2D eigenvalue weighted by atomic mass is 16.1. The highest BCUT2D eigenvalue weighted by Gasteiger charge is 2.15. The number of carbonyl (C=O) groups excluding carboxylic acids is 1. The average Bonchev–Trinajstić information content (AvgIpc) is 2.19. The molecule has 14 heavy (non-hydrogen) atoms. The van der Waals surface area contributed by atoms with Crippen molar-refractivity contribution in [1.82, 2.24) is 5.32 Å². The van der Waals surface area contributed by atoms with Crippen molar-refractivity contribution in [3.8, 4) is 0 Å². The topological polar surface area (TPSA) is 29.1 Å². The molecule has 0 fully saturated rings. The van der Waals surface area contributed by atoms with Gasteiger partial charge in [-0.1, -0.05) is 30.3 Å². The Morgan fingerprint density at radius 1 is 1.14 bits per heavy atom. The van der Waals surface area contributed by atoms with Crippen LogP contribution in [0.4, 0.5) is 0 Å². The highest BCUT2D eigenvalue weighted by Crippen LogP contribution is 2.25. The van der Waals surface area contributed by atoms with E-state index >= 15 is 0 Å². The van der Waals surface area contributed by atoms with Gasteiger partial charge in [-0.15, -0.1) is 0 Å². The van der Waals surface area contributed by atoms with Gasteiger partial charge in [0.15, 0.2) is 0 Å². The summed E-state index contributed by atoms with van der Waals surface area (Å²) in [5.41, 5.74) is 3.46. The molecule has 1 aliphatic rings. The summed E-state index contributed by atoms with van der Waals surface area (Å²) in [6, 6.07) is 10.2. The Morgan fingerprint density at radius 2 is 1.86 bits per heavy atom. The molecule has 0 unspecified atom stereocenters. The summed E-state index contributed by atoms with van der Waals surface area (Å²) in [4.78, 5) is 11.1. The SMILES string of the molecule is CC1=C(c2ccccc2)CCC(=O)N1. The molecule has 0 aliphatic carbocycles. The van der Waals surface area contributed by atoms with Crippen LogP contribution in [0.25, 0.3) is 5.57 Å². The van der Waals surface area contributed by atoms with Gasteiger partial charge >= 0.3 is 0 Å². The van der Waals surface area contributed by atoms with Gasteiger partial charge in [-0.3, -0.25) is 4.79 Å². The highest BCUT2D eigenvalue weighted by molar-refractivity contribution is 5.86. The number of carbonyl (C=O) groups is 1. The van der Waals surface area contributed by atoms with Gasteiger partial charge in [-0.05, 0) is 24.5 Å². The Bertz CT molecular complexity index is 379. The number of nitrogens with one attached hydrogen (secondary N) is 1. The second kappa shape index (κ2) is 3.66. The first-order valence-electron chi connectivity index (χ1n) is 4.82. The summed E-state index contributed by atoms with van der Waals surface area (Å²) in [7, 11) is 0. The van der Waals surface area contributed by atoms with Crippen molar-refractivity contribution in [2.75, 3.05) is 0 Å². The molecular weight excluding hydrogens is 174 g/mol. The van der Waals surface area contributed by atoms with Crippen molar-refractivity contribution >= 4 is 11.5 Å². The van der Waals surface area contributed by atoms with Crippen molar-refractivity contribution in [3.05, 3.63) is 41.6 Å². The number of benzene rings is 1. The van der Waals surface area contributed by atoms with E-state index in [1.54, 1.807) is 0 Å². The molecule has 0 bridgehead atoms. The number of hydrogen-bond acceptors (Lipinski definition) is 1. The molecule has 72 valence electrons. The quantitative estimate of drug-likeness (QED) is 0.718. The maximum atomic E-state index is 11.1. The molecule has 1 N–H and O–H groups in total. The molecule has 0 aromatic heterocycles. The molecule has 1 aliphatic heterocycles. The van der Waals surface area contributed by atoms with Gasteiger partial charge in [0.1, 0.15) is 0 Å². The molecular formula is C12H13NO. The van der Waals surface area contributed by atoms with Crippen molar-refractivity contribution in [2.24, 2.45) is 0 Å². The van der Waals surface area contributed by atoms with Crippen LogP contribution in [0, 0.1) is 0 Å². The van der Waals surface area contributed by atoms with Crippen LogP contribution >= 0.6 is 0 Å². The summed E-state index contributed by atoms with van der Waals surface area (Å²) < 4.78 is 0. The molecule has 2 nitrogen and oxygen atoms in total. The van der Waals surface area contributed by atoms with Gasteiger partial charge in [0.05, 0.1) is 0 Å². The Labute approximate surface area is 83.6 Å². The largest absolute Gasteiger partial charge is 0.330 e. The van der Waals surface area contributed by atoms with E-state index in [0.717, 1.165) is 12.1 Å². The molecule has 2 rings (SSSR count).